The van der Waals surface area contributed by atoms with Crippen LogP contribution in [0.4, 0.5) is 5.69 Å². The van der Waals surface area contributed by atoms with Gasteiger partial charge in [-0.3, -0.25) is 19.6 Å². The van der Waals surface area contributed by atoms with E-state index in [1.807, 2.05) is 12.1 Å². The van der Waals surface area contributed by atoms with E-state index < -0.39 is 11.8 Å². The number of imide groups is 1. The van der Waals surface area contributed by atoms with Gasteiger partial charge in [0.2, 0.25) is 0 Å². The summed E-state index contributed by atoms with van der Waals surface area (Å²) in [5.41, 5.74) is 2.63. The van der Waals surface area contributed by atoms with E-state index in [0.717, 1.165) is 10.5 Å². The molecule has 0 bridgehead atoms. The lowest BCUT2D eigenvalue weighted by atomic mass is 10.1. The van der Waals surface area contributed by atoms with E-state index in [2.05, 4.69) is 15.5 Å². The predicted molar refractivity (Wildman–Crippen MR) is 85.5 cm³/mol. The Morgan fingerprint density at radius 3 is 2.71 bits per heavy atom. The van der Waals surface area contributed by atoms with Crippen LogP contribution in [-0.2, 0) is 16.2 Å². The lowest BCUT2D eigenvalue weighted by Crippen LogP contribution is -2.34. The summed E-state index contributed by atoms with van der Waals surface area (Å²) in [7, 11) is 0. The summed E-state index contributed by atoms with van der Waals surface area (Å²) in [6, 6.07) is 8.89. The van der Waals surface area contributed by atoms with Crippen LogP contribution in [-0.4, -0.2) is 50.3 Å². The van der Waals surface area contributed by atoms with E-state index in [4.69, 9.17) is 10.2 Å². The largest absolute Gasteiger partial charge is 0.395 e. The van der Waals surface area contributed by atoms with E-state index in [9.17, 15) is 9.59 Å². The number of amides is 2. The Balaban J connectivity index is 1.88. The molecule has 0 aliphatic carbocycles. The third-order valence-electron chi connectivity index (χ3n) is 3.61. The minimum absolute atomic E-state index is 0.0414. The molecule has 1 aliphatic rings. The first-order valence-corrected chi connectivity index (χ1v) is 7.34. The Morgan fingerprint density at radius 1 is 1.21 bits per heavy atom. The van der Waals surface area contributed by atoms with Crippen molar-refractivity contribution in [2.45, 2.75) is 6.61 Å². The number of aromatic amines is 1. The van der Waals surface area contributed by atoms with Crippen LogP contribution < -0.4 is 5.32 Å². The predicted octanol–water partition coefficient (Wildman–Crippen LogP) is 0.226. The Morgan fingerprint density at radius 2 is 2.00 bits per heavy atom. The van der Waals surface area contributed by atoms with Gasteiger partial charge in [-0.05, 0) is 12.1 Å². The molecule has 24 heavy (non-hydrogen) atoms. The molecule has 2 heterocycles. The standard InChI is InChI=1S/C16H16N4O4/c21-6-5-20-15(23)8-14(16(20)24)17-12-4-2-1-3-11(12)13-7-10(9-22)18-19-13/h1-4,7-8,17,21-22H,5-6,9H2,(H,18,19). The first-order chi connectivity index (χ1) is 11.6. The van der Waals surface area contributed by atoms with E-state index in [1.54, 1.807) is 18.2 Å². The number of H-pyrrole nitrogens is 1. The summed E-state index contributed by atoms with van der Waals surface area (Å²) >= 11 is 0. The van der Waals surface area contributed by atoms with Crippen LogP contribution in [0.2, 0.25) is 0 Å². The second kappa shape index (κ2) is 6.65. The van der Waals surface area contributed by atoms with E-state index in [-0.39, 0.29) is 25.5 Å². The molecule has 0 unspecified atom stereocenters. The molecule has 8 heteroatoms. The van der Waals surface area contributed by atoms with Gasteiger partial charge in [0.15, 0.2) is 0 Å². The van der Waals surface area contributed by atoms with Gasteiger partial charge in [-0.25, -0.2) is 0 Å². The van der Waals surface area contributed by atoms with Crippen molar-refractivity contribution in [2.75, 3.05) is 18.5 Å². The highest BCUT2D eigenvalue weighted by molar-refractivity contribution is 6.17. The Kier molecular flexibility index (Phi) is 4.41. The third kappa shape index (κ3) is 2.92. The summed E-state index contributed by atoms with van der Waals surface area (Å²) in [6.07, 6.45) is 1.21. The molecular weight excluding hydrogens is 312 g/mol. The first kappa shape index (κ1) is 15.9. The van der Waals surface area contributed by atoms with Gasteiger partial charge < -0.3 is 15.5 Å². The maximum Gasteiger partial charge on any atom is 0.277 e. The highest BCUT2D eigenvalue weighted by Crippen LogP contribution is 2.28. The van der Waals surface area contributed by atoms with E-state index in [1.165, 1.54) is 6.08 Å². The van der Waals surface area contributed by atoms with Gasteiger partial charge in [0.1, 0.15) is 5.70 Å². The Labute approximate surface area is 137 Å². The SMILES string of the molecule is O=C1C=C(Nc2ccccc2-c2cc(CO)[nH]n2)C(=O)N1CCO. The van der Waals surface area contributed by atoms with Crippen LogP contribution in [0.15, 0.2) is 42.1 Å². The molecule has 0 atom stereocenters. The number of rotatable bonds is 6. The molecule has 2 aromatic rings. The molecule has 1 aromatic heterocycles. The number of aromatic nitrogens is 2. The van der Waals surface area contributed by atoms with Gasteiger partial charge in [-0.2, -0.15) is 5.10 Å². The fourth-order valence-electron chi connectivity index (χ4n) is 2.45. The molecule has 0 spiro atoms. The number of hydrogen-bond donors (Lipinski definition) is 4. The summed E-state index contributed by atoms with van der Waals surface area (Å²) in [5.74, 6) is -0.946. The molecule has 2 amide bonds. The lowest BCUT2D eigenvalue weighted by molar-refractivity contribution is -0.137. The summed E-state index contributed by atoms with van der Waals surface area (Å²) in [6.45, 7) is -0.483. The van der Waals surface area contributed by atoms with Gasteiger partial charge in [0.25, 0.3) is 11.8 Å². The number of aliphatic hydroxyl groups is 2. The van der Waals surface area contributed by atoms with Crippen LogP contribution in [0, 0.1) is 0 Å². The normalized spacial score (nSPS) is 14.2. The highest BCUT2D eigenvalue weighted by atomic mass is 16.3. The van der Waals surface area contributed by atoms with Gasteiger partial charge in [-0.15, -0.1) is 0 Å². The Bertz CT molecular complexity index is 812. The minimum atomic E-state index is -0.484. The maximum absolute atomic E-state index is 12.2. The van der Waals surface area contributed by atoms with Crippen molar-refractivity contribution in [2.24, 2.45) is 0 Å². The number of carbonyl (C=O) groups is 2. The zero-order valence-corrected chi connectivity index (χ0v) is 12.7. The number of carbonyl (C=O) groups excluding carboxylic acids is 2. The minimum Gasteiger partial charge on any atom is -0.395 e. The van der Waals surface area contributed by atoms with Gasteiger partial charge in [-0.1, -0.05) is 18.2 Å². The van der Waals surface area contributed by atoms with Crippen molar-refractivity contribution >= 4 is 17.5 Å². The fraction of sp³-hybridized carbons (Fsp3) is 0.188. The average molecular weight is 328 g/mol. The molecule has 1 aliphatic heterocycles. The molecule has 8 nitrogen and oxygen atoms in total. The fourth-order valence-corrected chi connectivity index (χ4v) is 2.45. The zero-order valence-electron chi connectivity index (χ0n) is 12.7. The quantitative estimate of drug-likeness (QED) is 0.564. The molecular formula is C16H16N4O4. The van der Waals surface area contributed by atoms with Crippen molar-refractivity contribution < 1.29 is 19.8 Å². The van der Waals surface area contributed by atoms with Crippen molar-refractivity contribution in [3.05, 3.63) is 47.8 Å². The van der Waals surface area contributed by atoms with Gasteiger partial charge in [0.05, 0.1) is 31.1 Å². The lowest BCUT2D eigenvalue weighted by Gasteiger charge is -2.14. The van der Waals surface area contributed by atoms with Crippen molar-refractivity contribution in [1.82, 2.24) is 15.1 Å². The molecule has 0 radical (unpaired) electrons. The van der Waals surface area contributed by atoms with Gasteiger partial charge in [0, 0.05) is 17.3 Å². The molecule has 124 valence electrons. The van der Waals surface area contributed by atoms with Crippen LogP contribution in [0.5, 0.6) is 0 Å². The maximum atomic E-state index is 12.2. The number of para-hydroxylation sites is 1. The summed E-state index contributed by atoms with van der Waals surface area (Å²) < 4.78 is 0. The second-order valence-electron chi connectivity index (χ2n) is 5.18. The van der Waals surface area contributed by atoms with Gasteiger partial charge >= 0.3 is 0 Å². The molecule has 3 rings (SSSR count). The van der Waals surface area contributed by atoms with Crippen molar-refractivity contribution in [3.63, 3.8) is 0 Å². The third-order valence-corrected chi connectivity index (χ3v) is 3.61. The molecule has 4 N–H and O–H groups in total. The van der Waals surface area contributed by atoms with Crippen LogP contribution in [0.3, 0.4) is 0 Å². The number of nitrogens with one attached hydrogen (secondary N) is 2. The first-order valence-electron chi connectivity index (χ1n) is 7.34. The smallest absolute Gasteiger partial charge is 0.277 e. The van der Waals surface area contributed by atoms with Crippen molar-refractivity contribution in [1.29, 1.82) is 0 Å². The number of benzene rings is 1. The van der Waals surface area contributed by atoms with Crippen LogP contribution >= 0.6 is 0 Å². The van der Waals surface area contributed by atoms with E-state index >= 15 is 0 Å². The van der Waals surface area contributed by atoms with Crippen molar-refractivity contribution in [3.8, 4) is 11.3 Å². The number of hydrogen-bond acceptors (Lipinski definition) is 6. The average Bonchev–Trinajstić information content (AvgIpc) is 3.16. The molecule has 0 fully saturated rings. The highest BCUT2D eigenvalue weighted by Gasteiger charge is 2.31. The number of nitrogens with zero attached hydrogens (tertiary/aromatic N) is 2. The second-order valence-corrected chi connectivity index (χ2v) is 5.18. The van der Waals surface area contributed by atoms with Crippen LogP contribution in [0.1, 0.15) is 5.69 Å². The monoisotopic (exact) mass is 328 g/mol. The van der Waals surface area contributed by atoms with E-state index in [0.29, 0.717) is 17.1 Å². The molecule has 0 saturated heterocycles. The zero-order chi connectivity index (χ0) is 17.1. The molecule has 0 saturated carbocycles. The number of aliphatic hydroxyl groups excluding tert-OH is 2. The number of anilines is 1. The Hall–Kier alpha value is -2.97. The summed E-state index contributed by atoms with van der Waals surface area (Å²) in [4.78, 5) is 25.0. The topological polar surface area (TPSA) is 119 Å². The summed E-state index contributed by atoms with van der Waals surface area (Å²) in [5, 5.41) is 27.9. The van der Waals surface area contributed by atoms with Crippen LogP contribution in [0.25, 0.3) is 11.3 Å². The number of β-amino-alcohol motifs (C(OH)–C–C–N with tert-alkyl or cyclic N) is 1. The molecule has 1 aromatic carbocycles.